The Hall–Kier alpha value is -2.43. The van der Waals surface area contributed by atoms with Crippen molar-refractivity contribution >= 4 is 17.0 Å². The van der Waals surface area contributed by atoms with Crippen molar-refractivity contribution in [2.75, 3.05) is 5.73 Å². The number of nitrogens with one attached hydrogen (secondary N) is 1. The molecule has 0 fully saturated rings. The number of aryl methyl sites for hydroxylation is 2. The third-order valence-electron chi connectivity index (χ3n) is 3.89. The van der Waals surface area contributed by atoms with Gasteiger partial charge in [-0.3, -0.25) is 0 Å². The summed E-state index contributed by atoms with van der Waals surface area (Å²) in [4.78, 5) is 15.9. The van der Waals surface area contributed by atoms with E-state index in [1.165, 1.54) is 36.0 Å². The Morgan fingerprint density at radius 3 is 3.00 bits per heavy atom. The van der Waals surface area contributed by atoms with E-state index in [2.05, 4.69) is 38.1 Å². The van der Waals surface area contributed by atoms with Crippen LogP contribution in [0.1, 0.15) is 28.9 Å². The minimum absolute atomic E-state index is 0.462. The number of benzene rings is 1. The molecule has 0 saturated carbocycles. The van der Waals surface area contributed by atoms with Crippen molar-refractivity contribution < 1.29 is 0 Å². The highest BCUT2D eigenvalue weighted by atomic mass is 15.0. The molecule has 2 heterocycles. The second-order valence-electron chi connectivity index (χ2n) is 5.26. The lowest BCUT2D eigenvalue weighted by Gasteiger charge is -2.05. The highest BCUT2D eigenvalue weighted by molar-refractivity contribution is 5.80. The summed E-state index contributed by atoms with van der Waals surface area (Å²) >= 11 is 0. The molecule has 1 aliphatic carbocycles. The van der Waals surface area contributed by atoms with Crippen LogP contribution in [0.15, 0.2) is 24.5 Å². The van der Waals surface area contributed by atoms with Crippen LogP contribution in [0.2, 0.25) is 0 Å². The van der Waals surface area contributed by atoms with Crippen LogP contribution in [0.4, 0.5) is 5.82 Å². The standard InChI is InChI=1S/C15H15N5/c16-14-13-15(18-8-17-13)20-12(19-14)7-9-4-5-10-2-1-3-11(10)6-9/h4-6,8H,1-3,7H2,(H3,16,17,18,19,20). The fourth-order valence-corrected chi connectivity index (χ4v) is 2.90. The number of nitrogens with two attached hydrogens (primary N) is 1. The van der Waals surface area contributed by atoms with Gasteiger partial charge in [0, 0.05) is 6.42 Å². The van der Waals surface area contributed by atoms with Crippen LogP contribution in [0.25, 0.3) is 11.2 Å². The summed E-state index contributed by atoms with van der Waals surface area (Å²) in [5.74, 6) is 1.18. The lowest BCUT2D eigenvalue weighted by Crippen LogP contribution is -2.02. The van der Waals surface area contributed by atoms with Gasteiger partial charge in [0.25, 0.3) is 0 Å². The fraction of sp³-hybridized carbons (Fsp3) is 0.267. The van der Waals surface area contributed by atoms with Crippen LogP contribution in [-0.4, -0.2) is 19.9 Å². The Balaban J connectivity index is 1.70. The normalized spacial score (nSPS) is 13.8. The van der Waals surface area contributed by atoms with Gasteiger partial charge in [-0.05, 0) is 36.0 Å². The summed E-state index contributed by atoms with van der Waals surface area (Å²) in [6.07, 6.45) is 5.94. The van der Waals surface area contributed by atoms with Gasteiger partial charge in [0.2, 0.25) is 0 Å². The van der Waals surface area contributed by atoms with Gasteiger partial charge in [-0.2, -0.15) is 0 Å². The molecule has 0 saturated heterocycles. The Labute approximate surface area is 116 Å². The van der Waals surface area contributed by atoms with Gasteiger partial charge in [0.1, 0.15) is 11.3 Å². The first kappa shape index (κ1) is 11.4. The maximum atomic E-state index is 5.92. The molecule has 2 aromatic heterocycles. The number of nitrogens with zero attached hydrogens (tertiary/aromatic N) is 3. The molecule has 100 valence electrons. The summed E-state index contributed by atoms with van der Waals surface area (Å²) in [5.41, 5.74) is 11.5. The van der Waals surface area contributed by atoms with E-state index in [0.717, 1.165) is 5.82 Å². The van der Waals surface area contributed by atoms with E-state index in [1.807, 2.05) is 0 Å². The fourth-order valence-electron chi connectivity index (χ4n) is 2.90. The van der Waals surface area contributed by atoms with Crippen LogP contribution >= 0.6 is 0 Å². The Morgan fingerprint density at radius 2 is 2.05 bits per heavy atom. The van der Waals surface area contributed by atoms with E-state index < -0.39 is 0 Å². The van der Waals surface area contributed by atoms with Crippen molar-refractivity contribution in [2.45, 2.75) is 25.7 Å². The number of imidazole rings is 1. The molecule has 0 amide bonds. The molecule has 5 nitrogen and oxygen atoms in total. The topological polar surface area (TPSA) is 80.5 Å². The van der Waals surface area contributed by atoms with Crippen molar-refractivity contribution in [1.82, 2.24) is 19.9 Å². The second-order valence-corrected chi connectivity index (χ2v) is 5.26. The Bertz CT molecular complexity index is 790. The van der Waals surface area contributed by atoms with Crippen LogP contribution in [-0.2, 0) is 19.3 Å². The number of aromatic nitrogens is 4. The molecule has 3 N–H and O–H groups in total. The molecule has 0 spiro atoms. The van der Waals surface area contributed by atoms with Crippen molar-refractivity contribution in [3.63, 3.8) is 0 Å². The largest absolute Gasteiger partial charge is 0.382 e. The molecule has 0 aliphatic heterocycles. The van der Waals surface area contributed by atoms with Gasteiger partial charge in [-0.25, -0.2) is 15.0 Å². The number of H-pyrrole nitrogens is 1. The number of rotatable bonds is 2. The SMILES string of the molecule is Nc1nc(Cc2ccc3c(c2)CCC3)nc2nc[nH]c12. The predicted octanol–water partition coefficient (Wildman–Crippen LogP) is 2.01. The summed E-state index contributed by atoms with van der Waals surface area (Å²) in [6.45, 7) is 0. The monoisotopic (exact) mass is 265 g/mol. The minimum Gasteiger partial charge on any atom is -0.382 e. The Morgan fingerprint density at radius 1 is 1.15 bits per heavy atom. The van der Waals surface area contributed by atoms with Gasteiger partial charge in [-0.1, -0.05) is 18.2 Å². The van der Waals surface area contributed by atoms with E-state index in [0.29, 0.717) is 23.4 Å². The quantitative estimate of drug-likeness (QED) is 0.742. The average Bonchev–Trinajstić information content (AvgIpc) is 3.06. The second kappa shape index (κ2) is 4.30. The molecule has 3 aromatic rings. The first-order valence-corrected chi connectivity index (χ1v) is 6.86. The maximum absolute atomic E-state index is 5.92. The van der Waals surface area contributed by atoms with E-state index in [1.54, 1.807) is 6.33 Å². The zero-order chi connectivity index (χ0) is 13.5. The maximum Gasteiger partial charge on any atom is 0.183 e. The highest BCUT2D eigenvalue weighted by Gasteiger charge is 2.12. The third kappa shape index (κ3) is 1.82. The lowest BCUT2D eigenvalue weighted by molar-refractivity contribution is 0.911. The molecular formula is C15H15N5. The van der Waals surface area contributed by atoms with Crippen molar-refractivity contribution in [1.29, 1.82) is 0 Å². The summed E-state index contributed by atoms with van der Waals surface area (Å²) in [7, 11) is 0. The molecule has 0 bridgehead atoms. The molecule has 20 heavy (non-hydrogen) atoms. The van der Waals surface area contributed by atoms with E-state index in [4.69, 9.17) is 5.73 Å². The molecule has 0 unspecified atom stereocenters. The summed E-state index contributed by atoms with van der Waals surface area (Å²) in [6, 6.07) is 6.67. The van der Waals surface area contributed by atoms with Crippen molar-refractivity contribution in [2.24, 2.45) is 0 Å². The summed E-state index contributed by atoms with van der Waals surface area (Å²) in [5, 5.41) is 0. The molecular weight excluding hydrogens is 250 g/mol. The van der Waals surface area contributed by atoms with Crippen molar-refractivity contribution in [3.8, 4) is 0 Å². The van der Waals surface area contributed by atoms with Gasteiger partial charge in [0.15, 0.2) is 11.5 Å². The van der Waals surface area contributed by atoms with Crippen LogP contribution < -0.4 is 5.73 Å². The number of hydrogen-bond donors (Lipinski definition) is 2. The number of fused-ring (bicyclic) bond motifs is 2. The van der Waals surface area contributed by atoms with Crippen molar-refractivity contribution in [3.05, 3.63) is 47.0 Å². The average molecular weight is 265 g/mol. The first-order chi connectivity index (χ1) is 9.79. The van der Waals surface area contributed by atoms with E-state index in [-0.39, 0.29) is 0 Å². The van der Waals surface area contributed by atoms with Crippen LogP contribution in [0, 0.1) is 0 Å². The van der Waals surface area contributed by atoms with E-state index >= 15 is 0 Å². The lowest BCUT2D eigenvalue weighted by atomic mass is 10.0. The molecule has 0 atom stereocenters. The number of nitrogen functional groups attached to an aromatic ring is 1. The molecule has 5 heteroatoms. The smallest absolute Gasteiger partial charge is 0.183 e. The molecule has 4 rings (SSSR count). The zero-order valence-corrected chi connectivity index (χ0v) is 11.1. The van der Waals surface area contributed by atoms with Crippen LogP contribution in [0.3, 0.4) is 0 Å². The van der Waals surface area contributed by atoms with E-state index in [9.17, 15) is 0 Å². The van der Waals surface area contributed by atoms with Gasteiger partial charge in [-0.15, -0.1) is 0 Å². The molecule has 1 aliphatic rings. The molecule has 1 aromatic carbocycles. The Kier molecular flexibility index (Phi) is 2.45. The minimum atomic E-state index is 0.462. The van der Waals surface area contributed by atoms with Gasteiger partial charge in [0.05, 0.1) is 6.33 Å². The number of aromatic amines is 1. The number of anilines is 1. The molecule has 0 radical (unpaired) electrons. The third-order valence-corrected chi connectivity index (χ3v) is 3.89. The van der Waals surface area contributed by atoms with Crippen LogP contribution in [0.5, 0.6) is 0 Å². The highest BCUT2D eigenvalue weighted by Crippen LogP contribution is 2.24. The van der Waals surface area contributed by atoms with Gasteiger partial charge < -0.3 is 10.7 Å². The summed E-state index contributed by atoms with van der Waals surface area (Å²) < 4.78 is 0. The zero-order valence-electron chi connectivity index (χ0n) is 11.1. The first-order valence-electron chi connectivity index (χ1n) is 6.86. The number of hydrogen-bond acceptors (Lipinski definition) is 4. The predicted molar refractivity (Wildman–Crippen MR) is 77.4 cm³/mol. The van der Waals surface area contributed by atoms with Gasteiger partial charge >= 0.3 is 0 Å².